The van der Waals surface area contributed by atoms with Crippen molar-refractivity contribution in [2.75, 3.05) is 0 Å². The minimum atomic E-state index is -0.991. The van der Waals surface area contributed by atoms with Crippen LogP contribution in [0, 0.1) is 0 Å². The molecule has 0 spiro atoms. The van der Waals surface area contributed by atoms with Gasteiger partial charge in [-0.05, 0) is 24.3 Å². The van der Waals surface area contributed by atoms with E-state index in [-0.39, 0.29) is 5.56 Å². The predicted octanol–water partition coefficient (Wildman–Crippen LogP) is 1.61. The maximum absolute atomic E-state index is 10.6. The number of hydrogen-bond donors (Lipinski definition) is 3. The quantitative estimate of drug-likeness (QED) is 0.487. The summed E-state index contributed by atoms with van der Waals surface area (Å²) in [6.45, 7) is 0. The van der Waals surface area contributed by atoms with Crippen LogP contribution in [0.4, 0.5) is 0 Å². The highest BCUT2D eigenvalue weighted by molar-refractivity contribution is 6.00. The molecule has 0 aliphatic heterocycles. The van der Waals surface area contributed by atoms with Crippen LogP contribution in [0.15, 0.2) is 42.5 Å². The first-order valence-corrected chi connectivity index (χ1v) is 6.04. The molecule has 2 heterocycles. The lowest BCUT2D eigenvalue weighted by Crippen LogP contribution is -1.96. The predicted molar refractivity (Wildman–Crippen MR) is 74.7 cm³/mol. The summed E-state index contributed by atoms with van der Waals surface area (Å²) in [7, 11) is 0. The maximum Gasteiger partial charge on any atom is 0.338 e. The molecule has 8 nitrogen and oxygen atoms in total. The number of benzene rings is 2. The highest BCUT2D eigenvalue weighted by atomic mass is 16.4. The summed E-state index contributed by atoms with van der Waals surface area (Å²) in [5.74, 6) is -0.991. The van der Waals surface area contributed by atoms with Crippen molar-refractivity contribution in [3.05, 3.63) is 48.0 Å². The molecule has 2 aromatic carbocycles. The fourth-order valence-corrected chi connectivity index (χ4v) is 1.83. The van der Waals surface area contributed by atoms with E-state index in [0.29, 0.717) is 11.0 Å². The third-order valence-electron chi connectivity index (χ3n) is 2.80. The number of hydrogen-bond acceptors (Lipinski definition) is 5. The van der Waals surface area contributed by atoms with Gasteiger partial charge in [0.15, 0.2) is 0 Å². The molecule has 21 heavy (non-hydrogen) atoms. The molecule has 4 aromatic rings. The summed E-state index contributed by atoms with van der Waals surface area (Å²) in [4.78, 5) is 10.6. The smallest absolute Gasteiger partial charge is 0.338 e. The van der Waals surface area contributed by atoms with Crippen molar-refractivity contribution in [1.29, 1.82) is 0 Å². The number of carboxylic acid groups (broad SMARTS) is 1. The topological polar surface area (TPSA) is 120 Å². The van der Waals surface area contributed by atoms with Crippen molar-refractivity contribution >= 4 is 28.0 Å². The van der Waals surface area contributed by atoms with Gasteiger partial charge in [0.05, 0.1) is 5.56 Å². The molecule has 0 radical (unpaired) electrons. The molecule has 0 aliphatic carbocycles. The lowest BCUT2D eigenvalue weighted by atomic mass is 10.2. The van der Waals surface area contributed by atoms with Gasteiger partial charge in [-0.3, -0.25) is 0 Å². The van der Waals surface area contributed by atoms with E-state index in [1.807, 2.05) is 24.3 Å². The number of para-hydroxylation sites is 3. The first-order chi connectivity index (χ1) is 10.3. The van der Waals surface area contributed by atoms with Gasteiger partial charge in [-0.2, -0.15) is 30.8 Å². The van der Waals surface area contributed by atoms with Crippen molar-refractivity contribution in [1.82, 2.24) is 30.8 Å². The average molecular weight is 282 g/mol. The van der Waals surface area contributed by atoms with Crippen molar-refractivity contribution in [2.45, 2.75) is 0 Å². The Bertz CT molecular complexity index is 867. The Hall–Kier alpha value is -3.29. The number of carboxylic acids is 1. The van der Waals surface area contributed by atoms with Crippen LogP contribution in [0.2, 0.25) is 0 Å². The van der Waals surface area contributed by atoms with E-state index < -0.39 is 5.97 Å². The molecule has 0 atom stereocenters. The van der Waals surface area contributed by atoms with Gasteiger partial charge in [0.25, 0.3) is 0 Å². The number of H-pyrrole nitrogens is 2. The molecule has 0 bridgehead atoms. The van der Waals surface area contributed by atoms with Crippen molar-refractivity contribution < 1.29 is 9.90 Å². The second-order valence-corrected chi connectivity index (χ2v) is 4.11. The number of aromatic amines is 2. The minimum absolute atomic E-state index is 0.168. The molecule has 0 aliphatic rings. The summed E-state index contributed by atoms with van der Waals surface area (Å²) in [6.07, 6.45) is 0. The van der Waals surface area contributed by atoms with E-state index in [9.17, 15) is 4.79 Å². The summed E-state index contributed by atoms with van der Waals surface area (Å²) < 4.78 is 0. The molecule has 0 fully saturated rings. The zero-order chi connectivity index (χ0) is 14.7. The number of nitrogens with one attached hydrogen (secondary N) is 2. The standard InChI is InChI=1S/C7H5N3O2.C6H5N3/c11-7(12)4-2-1-3-5-6(4)9-10-8-5;1-2-4-6-5(3-1)7-9-8-6/h1-3H,(H,11,12)(H,8,9,10);1-4H,(H,7,8,9). The Kier molecular flexibility index (Phi) is 3.26. The third kappa shape index (κ3) is 2.54. The molecular formula is C13H10N6O2. The van der Waals surface area contributed by atoms with E-state index in [0.717, 1.165) is 11.0 Å². The summed E-state index contributed by atoms with van der Waals surface area (Å²) in [5.41, 5.74) is 2.95. The zero-order valence-electron chi connectivity index (χ0n) is 10.7. The molecule has 0 amide bonds. The van der Waals surface area contributed by atoms with Gasteiger partial charge < -0.3 is 5.11 Å². The first-order valence-electron chi connectivity index (χ1n) is 6.04. The molecule has 104 valence electrons. The van der Waals surface area contributed by atoms with Gasteiger partial charge in [0.2, 0.25) is 0 Å². The first kappa shape index (κ1) is 12.7. The van der Waals surface area contributed by atoms with E-state index in [4.69, 9.17) is 5.11 Å². The maximum atomic E-state index is 10.6. The van der Waals surface area contributed by atoms with Crippen LogP contribution >= 0.6 is 0 Å². The highest BCUT2D eigenvalue weighted by Crippen LogP contribution is 2.12. The largest absolute Gasteiger partial charge is 0.478 e. The summed E-state index contributed by atoms with van der Waals surface area (Å²) >= 11 is 0. The Morgan fingerprint density at radius 3 is 2.05 bits per heavy atom. The van der Waals surface area contributed by atoms with Gasteiger partial charge in [-0.1, -0.05) is 18.2 Å². The fraction of sp³-hybridized carbons (Fsp3) is 0. The van der Waals surface area contributed by atoms with Gasteiger partial charge in [-0.15, -0.1) is 0 Å². The Balaban J connectivity index is 0.000000131. The summed E-state index contributed by atoms with van der Waals surface area (Å²) in [6, 6.07) is 12.5. The van der Waals surface area contributed by atoms with Crippen LogP contribution in [-0.4, -0.2) is 41.9 Å². The van der Waals surface area contributed by atoms with Gasteiger partial charge >= 0.3 is 5.97 Å². The van der Waals surface area contributed by atoms with Crippen LogP contribution < -0.4 is 0 Å². The number of carbonyl (C=O) groups is 1. The lowest BCUT2D eigenvalue weighted by molar-refractivity contribution is 0.0699. The van der Waals surface area contributed by atoms with E-state index >= 15 is 0 Å². The van der Waals surface area contributed by atoms with E-state index in [1.165, 1.54) is 6.07 Å². The Morgan fingerprint density at radius 1 is 0.810 bits per heavy atom. The second-order valence-electron chi connectivity index (χ2n) is 4.11. The van der Waals surface area contributed by atoms with E-state index in [1.54, 1.807) is 12.1 Å². The van der Waals surface area contributed by atoms with E-state index in [2.05, 4.69) is 30.8 Å². The average Bonchev–Trinajstić information content (AvgIpc) is 3.16. The number of nitrogens with zero attached hydrogens (tertiary/aromatic N) is 4. The normalized spacial score (nSPS) is 10.3. The Labute approximate surface area is 117 Å². The van der Waals surface area contributed by atoms with Gasteiger partial charge in [-0.25, -0.2) is 4.79 Å². The Morgan fingerprint density at radius 2 is 1.38 bits per heavy atom. The molecule has 0 saturated carbocycles. The van der Waals surface area contributed by atoms with Crippen molar-refractivity contribution in [3.8, 4) is 0 Å². The van der Waals surface area contributed by atoms with Crippen molar-refractivity contribution in [2.24, 2.45) is 0 Å². The van der Waals surface area contributed by atoms with Gasteiger partial charge in [0, 0.05) is 0 Å². The third-order valence-corrected chi connectivity index (χ3v) is 2.80. The fourth-order valence-electron chi connectivity index (χ4n) is 1.83. The minimum Gasteiger partial charge on any atom is -0.478 e. The molecule has 3 N–H and O–H groups in total. The van der Waals surface area contributed by atoms with Crippen LogP contribution in [0.25, 0.3) is 22.1 Å². The van der Waals surface area contributed by atoms with Crippen LogP contribution in [0.5, 0.6) is 0 Å². The SMILES string of the molecule is O=C(O)c1cccc2n[nH]nc12.c1ccc2n[nH]nc2c1. The van der Waals surface area contributed by atoms with Crippen LogP contribution in [-0.2, 0) is 0 Å². The molecular weight excluding hydrogens is 272 g/mol. The number of aromatic carboxylic acids is 1. The monoisotopic (exact) mass is 282 g/mol. The zero-order valence-corrected chi connectivity index (χ0v) is 10.7. The lowest BCUT2D eigenvalue weighted by Gasteiger charge is -1.91. The number of fused-ring (bicyclic) bond motifs is 2. The van der Waals surface area contributed by atoms with Crippen LogP contribution in [0.1, 0.15) is 10.4 Å². The molecule has 0 saturated heterocycles. The number of aromatic nitrogens is 6. The molecule has 8 heteroatoms. The van der Waals surface area contributed by atoms with Gasteiger partial charge in [0.1, 0.15) is 22.1 Å². The highest BCUT2D eigenvalue weighted by Gasteiger charge is 2.09. The van der Waals surface area contributed by atoms with Crippen LogP contribution in [0.3, 0.4) is 0 Å². The molecule has 2 aromatic heterocycles. The van der Waals surface area contributed by atoms with Crippen molar-refractivity contribution in [3.63, 3.8) is 0 Å². The summed E-state index contributed by atoms with van der Waals surface area (Å²) in [5, 5.41) is 28.9. The molecule has 4 rings (SSSR count). The number of rotatable bonds is 1. The molecule has 0 unspecified atom stereocenters. The second kappa shape index (κ2) is 5.37.